The molecule has 0 radical (unpaired) electrons. The Hall–Kier alpha value is -1.52. The molecule has 0 unspecified atom stereocenters. The van der Waals surface area contributed by atoms with Gasteiger partial charge in [0.1, 0.15) is 6.10 Å². The van der Waals surface area contributed by atoms with Crippen molar-refractivity contribution >= 4 is 5.90 Å². The smallest absolute Gasteiger partial charge is 0.418 e. The van der Waals surface area contributed by atoms with Crippen LogP contribution in [0.15, 0.2) is 34.6 Å². The van der Waals surface area contributed by atoms with E-state index < -0.39 is 11.7 Å². The van der Waals surface area contributed by atoms with Gasteiger partial charge in [0.25, 0.3) is 0 Å². The fraction of sp³-hybridized carbons (Fsp3) is 0.625. The molecule has 1 saturated heterocycles. The van der Waals surface area contributed by atoms with Gasteiger partial charge in [-0.15, -0.1) is 5.73 Å². The molecule has 0 atom stereocenters. The van der Waals surface area contributed by atoms with Gasteiger partial charge in [-0.2, -0.15) is 13.2 Å². The third kappa shape index (κ3) is 3.45. The minimum atomic E-state index is -4.42. The van der Waals surface area contributed by atoms with E-state index in [-0.39, 0.29) is 6.10 Å². The molecule has 1 N–H and O–H groups in total. The largest absolute Gasteiger partial charge is 0.477 e. The number of halogens is 3. The van der Waals surface area contributed by atoms with Crippen molar-refractivity contribution < 1.29 is 17.9 Å². The first kappa shape index (κ1) is 15.4. The van der Waals surface area contributed by atoms with Crippen molar-refractivity contribution in [3.63, 3.8) is 0 Å². The van der Waals surface area contributed by atoms with Crippen LogP contribution in [-0.2, 0) is 4.74 Å². The topological polar surface area (TPSA) is 33.6 Å². The molecule has 6 heteroatoms. The highest BCUT2D eigenvalue weighted by atomic mass is 19.4. The van der Waals surface area contributed by atoms with E-state index in [0.717, 1.165) is 51.0 Å². The van der Waals surface area contributed by atoms with Gasteiger partial charge in [0.2, 0.25) is 0 Å². The lowest BCUT2D eigenvalue weighted by atomic mass is 9.69. The van der Waals surface area contributed by atoms with Crippen molar-refractivity contribution in [3.05, 3.63) is 29.7 Å². The first-order valence-electron chi connectivity index (χ1n) is 7.59. The number of hydrogen-bond acceptors (Lipinski definition) is 3. The average Bonchev–Trinajstić information content (AvgIpc) is 2.39. The molecule has 0 amide bonds. The Morgan fingerprint density at radius 1 is 1.27 bits per heavy atom. The van der Waals surface area contributed by atoms with Crippen LogP contribution in [0.4, 0.5) is 13.2 Å². The molecule has 22 heavy (non-hydrogen) atoms. The summed E-state index contributed by atoms with van der Waals surface area (Å²) in [5, 5.41) is 3.31. The number of nitrogens with one attached hydrogen (secondary N) is 1. The Morgan fingerprint density at radius 3 is 2.59 bits per heavy atom. The zero-order chi connectivity index (χ0) is 15.6. The lowest BCUT2D eigenvalue weighted by molar-refractivity contribution is -0.0883. The van der Waals surface area contributed by atoms with Crippen LogP contribution < -0.4 is 5.32 Å². The third-order valence-corrected chi connectivity index (χ3v) is 4.60. The fourth-order valence-corrected chi connectivity index (χ4v) is 3.11. The molecular formula is C16H19F3N2O. The molecule has 0 bridgehead atoms. The molecule has 120 valence electrons. The molecule has 2 fully saturated rings. The Morgan fingerprint density at radius 2 is 2.00 bits per heavy atom. The molecule has 2 heterocycles. The maximum atomic E-state index is 12.7. The van der Waals surface area contributed by atoms with Crippen LogP contribution in [0.3, 0.4) is 0 Å². The second kappa shape index (κ2) is 5.94. The van der Waals surface area contributed by atoms with Gasteiger partial charge in [0.15, 0.2) is 5.90 Å². The van der Waals surface area contributed by atoms with Crippen LogP contribution in [0.1, 0.15) is 32.1 Å². The average molecular weight is 312 g/mol. The zero-order valence-corrected chi connectivity index (χ0v) is 12.2. The summed E-state index contributed by atoms with van der Waals surface area (Å²) in [4.78, 5) is 3.89. The molecule has 0 aromatic heterocycles. The minimum Gasteiger partial charge on any atom is -0.477 e. The fourth-order valence-electron chi connectivity index (χ4n) is 3.11. The lowest BCUT2D eigenvalue weighted by Gasteiger charge is -2.47. The number of alkyl halides is 3. The summed E-state index contributed by atoms with van der Waals surface area (Å²) in [6.07, 6.45) is 3.38. The number of aliphatic imine (C=N–C) groups is 1. The van der Waals surface area contributed by atoms with Crippen LogP contribution in [0.5, 0.6) is 0 Å². The summed E-state index contributed by atoms with van der Waals surface area (Å²) >= 11 is 0. The van der Waals surface area contributed by atoms with Gasteiger partial charge >= 0.3 is 6.18 Å². The molecular weight excluding hydrogens is 293 g/mol. The number of ether oxygens (including phenoxy) is 1. The molecule has 0 aromatic carbocycles. The molecule has 3 aliphatic rings. The van der Waals surface area contributed by atoms with E-state index in [0.29, 0.717) is 17.7 Å². The maximum Gasteiger partial charge on any atom is 0.418 e. The highest BCUT2D eigenvalue weighted by Crippen LogP contribution is 2.40. The summed E-state index contributed by atoms with van der Waals surface area (Å²) in [7, 11) is 0. The Labute approximate surface area is 127 Å². The molecule has 2 aliphatic heterocycles. The van der Waals surface area contributed by atoms with Gasteiger partial charge in [-0.25, -0.2) is 4.99 Å². The Bertz CT molecular complexity index is 542. The SMILES string of the molecule is FC(F)(F)/C1=C/N=C(OC2CCC3(CC2)CNC3)CC=C=C1. The van der Waals surface area contributed by atoms with E-state index in [1.54, 1.807) is 0 Å². The minimum absolute atomic E-state index is 0.0597. The molecule has 1 aliphatic carbocycles. The normalized spacial score (nSPS) is 27.4. The van der Waals surface area contributed by atoms with Crippen molar-refractivity contribution in [1.29, 1.82) is 0 Å². The van der Waals surface area contributed by atoms with Crippen molar-refractivity contribution in [1.82, 2.24) is 5.32 Å². The summed E-state index contributed by atoms with van der Waals surface area (Å²) in [6.45, 7) is 2.15. The second-order valence-corrected chi connectivity index (χ2v) is 6.25. The Kier molecular flexibility index (Phi) is 4.15. The van der Waals surface area contributed by atoms with Crippen molar-refractivity contribution in [3.8, 4) is 0 Å². The van der Waals surface area contributed by atoms with E-state index in [4.69, 9.17) is 4.74 Å². The van der Waals surface area contributed by atoms with Gasteiger partial charge in [-0.05, 0) is 43.3 Å². The van der Waals surface area contributed by atoms with Gasteiger partial charge in [0, 0.05) is 25.7 Å². The standard InChI is InChI=1S/C16H19F3N2O/c17-16(18,19)12-3-1-2-4-14(21-9-12)22-13-5-7-15(8-6-13)10-20-11-15/h2-3,9,13,20H,4-8,10-11H2/b12-9+,21-14?. The predicted octanol–water partition coefficient (Wildman–Crippen LogP) is 3.49. The highest BCUT2D eigenvalue weighted by Gasteiger charge is 2.40. The molecule has 0 aromatic rings. The first-order valence-corrected chi connectivity index (χ1v) is 7.59. The van der Waals surface area contributed by atoms with Gasteiger partial charge in [-0.3, -0.25) is 0 Å². The number of rotatable bonds is 1. The lowest BCUT2D eigenvalue weighted by Crippen LogP contribution is -2.55. The third-order valence-electron chi connectivity index (χ3n) is 4.60. The molecule has 1 saturated carbocycles. The van der Waals surface area contributed by atoms with E-state index in [9.17, 15) is 13.2 Å². The number of allylic oxidation sites excluding steroid dienone is 1. The Balaban J connectivity index is 1.61. The van der Waals surface area contributed by atoms with Crippen LogP contribution in [0.25, 0.3) is 0 Å². The van der Waals surface area contributed by atoms with Crippen molar-refractivity contribution in [2.24, 2.45) is 10.4 Å². The van der Waals surface area contributed by atoms with Crippen molar-refractivity contribution in [2.45, 2.75) is 44.4 Å². The second-order valence-electron chi connectivity index (χ2n) is 6.25. The summed E-state index contributed by atoms with van der Waals surface area (Å²) in [5.74, 6) is 0.343. The molecule has 3 nitrogen and oxygen atoms in total. The van der Waals surface area contributed by atoms with Crippen LogP contribution >= 0.6 is 0 Å². The monoisotopic (exact) mass is 312 g/mol. The van der Waals surface area contributed by atoms with Crippen LogP contribution in [-0.4, -0.2) is 31.3 Å². The van der Waals surface area contributed by atoms with E-state index >= 15 is 0 Å². The van der Waals surface area contributed by atoms with E-state index in [1.165, 1.54) is 6.08 Å². The number of nitrogens with zero attached hydrogens (tertiary/aromatic N) is 1. The quantitative estimate of drug-likeness (QED) is 0.752. The summed E-state index contributed by atoms with van der Waals surface area (Å²) < 4.78 is 43.9. The van der Waals surface area contributed by atoms with E-state index in [2.05, 4.69) is 16.0 Å². The summed E-state index contributed by atoms with van der Waals surface area (Å²) in [5.41, 5.74) is 2.16. The van der Waals surface area contributed by atoms with Gasteiger partial charge in [0.05, 0.1) is 5.57 Å². The van der Waals surface area contributed by atoms with Crippen molar-refractivity contribution in [2.75, 3.05) is 13.1 Å². The summed E-state index contributed by atoms with van der Waals surface area (Å²) in [6, 6.07) is 0. The molecule has 1 spiro atoms. The van der Waals surface area contributed by atoms with Crippen LogP contribution in [0.2, 0.25) is 0 Å². The maximum absolute atomic E-state index is 12.7. The number of hydrogen-bond donors (Lipinski definition) is 1. The van der Waals surface area contributed by atoms with Crippen LogP contribution in [0, 0.1) is 5.41 Å². The van der Waals surface area contributed by atoms with E-state index in [1.807, 2.05) is 0 Å². The molecule has 3 rings (SSSR count). The van der Waals surface area contributed by atoms with Gasteiger partial charge < -0.3 is 10.1 Å². The predicted molar refractivity (Wildman–Crippen MR) is 77.5 cm³/mol. The first-order chi connectivity index (χ1) is 10.5. The zero-order valence-electron chi connectivity index (χ0n) is 12.2. The van der Waals surface area contributed by atoms with Gasteiger partial charge in [-0.1, -0.05) is 0 Å². The highest BCUT2D eigenvalue weighted by molar-refractivity contribution is 5.78.